The minimum Gasteiger partial charge on any atom is -0.494 e. The summed E-state index contributed by atoms with van der Waals surface area (Å²) in [6, 6.07) is 7.99. The number of carbonyl (C=O) groups is 2. The summed E-state index contributed by atoms with van der Waals surface area (Å²) in [6.07, 6.45) is 11.7. The van der Waals surface area contributed by atoms with Crippen molar-refractivity contribution in [2.45, 2.75) is 89.9 Å². The van der Waals surface area contributed by atoms with Crippen LogP contribution < -0.4 is 4.74 Å². The second kappa shape index (κ2) is 10.3. The molecule has 0 aromatic heterocycles. The highest BCUT2D eigenvalue weighted by Crippen LogP contribution is 2.47. The van der Waals surface area contributed by atoms with Crippen LogP contribution in [-0.4, -0.2) is 18.2 Å². The molecule has 2 aliphatic carbocycles. The maximum atomic E-state index is 12.8. The van der Waals surface area contributed by atoms with Gasteiger partial charge in [0.25, 0.3) is 0 Å². The molecule has 0 amide bonds. The van der Waals surface area contributed by atoms with Crippen molar-refractivity contribution in [3.05, 3.63) is 52.5 Å². The Bertz CT molecular complexity index is 833. The van der Waals surface area contributed by atoms with E-state index < -0.39 is 0 Å². The minimum atomic E-state index is -0.285. The highest BCUT2D eigenvalue weighted by molar-refractivity contribution is 6.05. The molecule has 31 heavy (non-hydrogen) atoms. The molecule has 0 unspecified atom stereocenters. The van der Waals surface area contributed by atoms with Gasteiger partial charge < -0.3 is 9.47 Å². The van der Waals surface area contributed by atoms with Gasteiger partial charge in [-0.25, -0.2) is 0 Å². The Labute approximate surface area is 185 Å². The normalized spacial score (nSPS) is 19.3. The predicted octanol–water partition coefficient (Wildman–Crippen LogP) is 6.55. The van der Waals surface area contributed by atoms with E-state index in [1.54, 1.807) is 0 Å². The standard InChI is InChI=1S/C27H34O4/c1-2-3-4-5-6-7-18-30-20-16-14-19(15-17-20)25-26-21(28)10-8-12-23(26)31-24-13-9-11-22(29)27(24)25/h14-17,25H,2-13,18H2,1H3. The van der Waals surface area contributed by atoms with Crippen LogP contribution in [0.2, 0.25) is 0 Å². The predicted molar refractivity (Wildman–Crippen MR) is 121 cm³/mol. The van der Waals surface area contributed by atoms with Crippen LogP contribution in [0.3, 0.4) is 0 Å². The number of rotatable bonds is 9. The van der Waals surface area contributed by atoms with Crippen molar-refractivity contribution in [2.75, 3.05) is 6.61 Å². The number of ether oxygens (including phenoxy) is 2. The van der Waals surface area contributed by atoms with Gasteiger partial charge in [0.2, 0.25) is 0 Å². The summed E-state index contributed by atoms with van der Waals surface area (Å²) in [5, 5.41) is 0. The third-order valence-corrected chi connectivity index (χ3v) is 6.62. The molecule has 4 rings (SSSR count). The molecule has 0 saturated carbocycles. The topological polar surface area (TPSA) is 52.6 Å². The van der Waals surface area contributed by atoms with E-state index in [-0.39, 0.29) is 17.5 Å². The van der Waals surface area contributed by atoms with Gasteiger partial charge >= 0.3 is 0 Å². The molecule has 1 heterocycles. The molecule has 1 aromatic carbocycles. The Balaban J connectivity index is 1.48. The lowest BCUT2D eigenvalue weighted by atomic mass is 9.73. The summed E-state index contributed by atoms with van der Waals surface area (Å²) in [5.41, 5.74) is 2.41. The Morgan fingerprint density at radius 1 is 0.806 bits per heavy atom. The molecule has 0 radical (unpaired) electrons. The van der Waals surface area contributed by atoms with Gasteiger partial charge in [0.05, 0.1) is 6.61 Å². The Morgan fingerprint density at radius 2 is 1.39 bits per heavy atom. The van der Waals surface area contributed by atoms with Crippen LogP contribution in [0.4, 0.5) is 0 Å². The Morgan fingerprint density at radius 3 is 2.00 bits per heavy atom. The minimum absolute atomic E-state index is 0.125. The Hall–Kier alpha value is -2.36. The lowest BCUT2D eigenvalue weighted by Gasteiger charge is -2.36. The van der Waals surface area contributed by atoms with Crippen LogP contribution in [0.15, 0.2) is 46.9 Å². The number of hydrogen-bond donors (Lipinski definition) is 0. The van der Waals surface area contributed by atoms with Gasteiger partial charge in [-0.2, -0.15) is 0 Å². The third-order valence-electron chi connectivity index (χ3n) is 6.62. The fourth-order valence-electron chi connectivity index (χ4n) is 4.98. The first-order chi connectivity index (χ1) is 15.2. The zero-order chi connectivity index (χ0) is 21.6. The largest absolute Gasteiger partial charge is 0.494 e. The molecular formula is C27H34O4. The molecule has 0 atom stereocenters. The smallest absolute Gasteiger partial charge is 0.163 e. The van der Waals surface area contributed by atoms with Crippen molar-refractivity contribution in [1.82, 2.24) is 0 Å². The average molecular weight is 423 g/mol. The van der Waals surface area contributed by atoms with Gasteiger partial charge in [0, 0.05) is 42.7 Å². The molecule has 4 heteroatoms. The second-order valence-electron chi connectivity index (χ2n) is 8.95. The second-order valence-corrected chi connectivity index (χ2v) is 8.95. The van der Waals surface area contributed by atoms with Crippen LogP contribution in [0.25, 0.3) is 0 Å². The zero-order valence-electron chi connectivity index (χ0n) is 18.7. The van der Waals surface area contributed by atoms with Gasteiger partial charge in [-0.1, -0.05) is 51.2 Å². The monoisotopic (exact) mass is 422 g/mol. The molecule has 3 aliphatic rings. The van der Waals surface area contributed by atoms with Crippen molar-refractivity contribution in [3.63, 3.8) is 0 Å². The van der Waals surface area contributed by atoms with Crippen molar-refractivity contribution >= 4 is 11.6 Å². The first-order valence-electron chi connectivity index (χ1n) is 12.1. The molecular weight excluding hydrogens is 388 g/mol. The third kappa shape index (κ3) is 4.94. The van der Waals surface area contributed by atoms with Crippen LogP contribution in [0.1, 0.15) is 95.5 Å². The highest BCUT2D eigenvalue weighted by Gasteiger charge is 2.41. The maximum absolute atomic E-state index is 12.8. The lowest BCUT2D eigenvalue weighted by Crippen LogP contribution is -2.30. The van der Waals surface area contributed by atoms with Crippen molar-refractivity contribution < 1.29 is 19.1 Å². The van der Waals surface area contributed by atoms with E-state index in [4.69, 9.17) is 9.47 Å². The summed E-state index contributed by atoms with van der Waals surface area (Å²) in [7, 11) is 0. The molecule has 4 nitrogen and oxygen atoms in total. The molecule has 1 aromatic rings. The van der Waals surface area contributed by atoms with Gasteiger partial charge in [0.1, 0.15) is 17.3 Å². The van der Waals surface area contributed by atoms with Gasteiger partial charge in [-0.15, -0.1) is 0 Å². The van der Waals surface area contributed by atoms with E-state index >= 15 is 0 Å². The first-order valence-corrected chi connectivity index (χ1v) is 12.1. The summed E-state index contributed by atoms with van der Waals surface area (Å²) in [4.78, 5) is 25.7. The average Bonchev–Trinajstić information content (AvgIpc) is 2.78. The molecule has 0 fully saturated rings. The van der Waals surface area contributed by atoms with Crippen LogP contribution in [0, 0.1) is 0 Å². The Kier molecular flexibility index (Phi) is 7.26. The van der Waals surface area contributed by atoms with Crippen molar-refractivity contribution in [3.8, 4) is 5.75 Å². The van der Waals surface area contributed by atoms with Gasteiger partial charge in [-0.3, -0.25) is 9.59 Å². The fraction of sp³-hybridized carbons (Fsp3) is 0.556. The summed E-state index contributed by atoms with van der Waals surface area (Å²) >= 11 is 0. The number of ketones is 2. The van der Waals surface area contributed by atoms with E-state index in [0.717, 1.165) is 61.5 Å². The SMILES string of the molecule is CCCCCCCCOc1ccc(C2C3=C(CCCC3=O)OC3=C2C(=O)CCC3)cc1. The van der Waals surface area contributed by atoms with E-state index in [0.29, 0.717) is 24.0 Å². The molecule has 0 spiro atoms. The molecule has 1 aliphatic heterocycles. The summed E-state index contributed by atoms with van der Waals surface area (Å²) < 4.78 is 12.0. The van der Waals surface area contributed by atoms with Gasteiger partial charge in [0.15, 0.2) is 11.6 Å². The first kappa shape index (κ1) is 21.9. The molecule has 0 saturated heterocycles. The van der Waals surface area contributed by atoms with Gasteiger partial charge in [-0.05, 0) is 37.0 Å². The number of unbranched alkanes of at least 4 members (excludes halogenated alkanes) is 5. The van der Waals surface area contributed by atoms with Crippen molar-refractivity contribution in [2.24, 2.45) is 0 Å². The quantitative estimate of drug-likeness (QED) is 0.423. The van der Waals surface area contributed by atoms with E-state index in [2.05, 4.69) is 6.92 Å². The lowest BCUT2D eigenvalue weighted by molar-refractivity contribution is -0.117. The molecule has 0 bridgehead atoms. The fourth-order valence-corrected chi connectivity index (χ4v) is 4.98. The van der Waals surface area contributed by atoms with Crippen LogP contribution in [-0.2, 0) is 14.3 Å². The molecule has 0 N–H and O–H groups in total. The highest BCUT2D eigenvalue weighted by atomic mass is 16.5. The number of carbonyl (C=O) groups excluding carboxylic acids is 2. The van der Waals surface area contributed by atoms with E-state index in [9.17, 15) is 9.59 Å². The van der Waals surface area contributed by atoms with Crippen LogP contribution >= 0.6 is 0 Å². The number of benzene rings is 1. The molecule has 166 valence electrons. The van der Waals surface area contributed by atoms with Crippen LogP contribution in [0.5, 0.6) is 5.75 Å². The van der Waals surface area contributed by atoms with E-state index in [1.807, 2.05) is 24.3 Å². The maximum Gasteiger partial charge on any atom is 0.163 e. The number of hydrogen-bond acceptors (Lipinski definition) is 4. The summed E-state index contributed by atoms with van der Waals surface area (Å²) in [6.45, 7) is 2.96. The van der Waals surface area contributed by atoms with E-state index in [1.165, 1.54) is 32.1 Å². The summed E-state index contributed by atoms with van der Waals surface area (Å²) in [5.74, 6) is 2.39. The zero-order valence-corrected chi connectivity index (χ0v) is 18.7. The number of allylic oxidation sites excluding steroid dienone is 4. The van der Waals surface area contributed by atoms with Crippen molar-refractivity contribution in [1.29, 1.82) is 0 Å². The number of Topliss-reactive ketones (excluding diaryl/α,β-unsaturated/α-hetero) is 2.